The highest BCUT2D eigenvalue weighted by Crippen LogP contribution is 2.52. The monoisotopic (exact) mass is 774 g/mol. The maximum Gasteiger partial charge on any atom is 0.137 e. The summed E-state index contributed by atoms with van der Waals surface area (Å²) in [4.78, 5) is 1.19. The molecule has 0 radical (unpaired) electrons. The Hall–Kier alpha value is -2.02. The van der Waals surface area contributed by atoms with Crippen LogP contribution in [0.15, 0.2) is 69.9 Å². The van der Waals surface area contributed by atoms with Crippen LogP contribution in [0.4, 0.5) is 0 Å². The summed E-state index contributed by atoms with van der Waals surface area (Å²) in [5.74, 6) is 4.44. The Morgan fingerprint density at radius 1 is 0.811 bits per heavy atom. The maximum absolute atomic E-state index is 11.9. The van der Waals surface area contributed by atoms with Gasteiger partial charge >= 0.3 is 0 Å². The van der Waals surface area contributed by atoms with Crippen molar-refractivity contribution in [2.45, 2.75) is 153 Å². The van der Waals surface area contributed by atoms with E-state index in [-0.39, 0.29) is 22.7 Å². The third-order valence-electron chi connectivity index (χ3n) is 12.8. The van der Waals surface area contributed by atoms with E-state index in [2.05, 4.69) is 89.0 Å². The number of benzene rings is 1. The predicted octanol–water partition coefficient (Wildman–Crippen LogP) is 15.0. The van der Waals surface area contributed by atoms with Crippen LogP contribution in [0, 0.1) is 23.2 Å². The average molecular weight is 775 g/mol. The minimum atomic E-state index is -0.181. The Labute approximate surface area is 333 Å². The smallest absolute Gasteiger partial charge is 0.137 e. The van der Waals surface area contributed by atoms with Gasteiger partial charge in [0.2, 0.25) is 0 Å². The first-order chi connectivity index (χ1) is 25.4. The summed E-state index contributed by atoms with van der Waals surface area (Å²) >= 11 is 5.87. The zero-order valence-electron chi connectivity index (χ0n) is 33.4. The molecular weight excluding hydrogens is 709 g/mol. The van der Waals surface area contributed by atoms with Gasteiger partial charge in [0.15, 0.2) is 0 Å². The lowest BCUT2D eigenvalue weighted by Gasteiger charge is -2.45. The molecule has 1 aromatic carbocycles. The summed E-state index contributed by atoms with van der Waals surface area (Å²) < 4.78 is 5.92. The van der Waals surface area contributed by atoms with Crippen LogP contribution in [0.25, 0.3) is 16.9 Å². The number of rotatable bonds is 12. The second-order valence-corrected chi connectivity index (χ2v) is 21.4. The molecule has 0 saturated heterocycles. The van der Waals surface area contributed by atoms with Crippen molar-refractivity contribution in [2.24, 2.45) is 23.2 Å². The summed E-state index contributed by atoms with van der Waals surface area (Å²) in [6, 6.07) is 12.7. The fourth-order valence-corrected chi connectivity index (χ4v) is 13.4. The predicted molar refractivity (Wildman–Crippen MR) is 232 cm³/mol. The van der Waals surface area contributed by atoms with Crippen molar-refractivity contribution in [3.63, 3.8) is 0 Å². The van der Waals surface area contributed by atoms with Gasteiger partial charge in [-0.25, -0.2) is 0 Å². The Balaban J connectivity index is 1.28. The van der Waals surface area contributed by atoms with Gasteiger partial charge in [-0.05, 0) is 95.9 Å². The molecule has 0 amide bonds. The quantitative estimate of drug-likeness (QED) is 0.192. The summed E-state index contributed by atoms with van der Waals surface area (Å²) in [5.41, 5.74) is 5.06. The van der Waals surface area contributed by atoms with Crippen LogP contribution in [0.5, 0.6) is 5.75 Å². The first-order valence-corrected chi connectivity index (χ1v) is 23.7. The van der Waals surface area contributed by atoms with Crippen LogP contribution in [0.2, 0.25) is 0 Å². The normalized spacial score (nSPS) is 24.3. The van der Waals surface area contributed by atoms with Crippen LogP contribution in [0.1, 0.15) is 147 Å². The van der Waals surface area contributed by atoms with E-state index in [1.54, 1.807) is 17.6 Å². The molecule has 53 heavy (non-hydrogen) atoms. The molecule has 0 spiro atoms. The minimum Gasteiger partial charge on any atom is -0.507 e. The van der Waals surface area contributed by atoms with E-state index in [4.69, 9.17) is 4.42 Å². The molecule has 0 aliphatic heterocycles. The molecule has 2 fully saturated rings. The summed E-state index contributed by atoms with van der Waals surface area (Å²) in [6.07, 6.45) is 22.4. The first-order valence-electron chi connectivity index (χ1n) is 20.8. The number of aromatic hydroxyl groups is 1. The lowest BCUT2D eigenvalue weighted by Crippen LogP contribution is -2.37. The van der Waals surface area contributed by atoms with Gasteiger partial charge in [-0.2, -0.15) is 23.5 Å². The molecule has 3 nitrogen and oxygen atoms in total. The van der Waals surface area contributed by atoms with Crippen molar-refractivity contribution in [3.8, 4) is 17.1 Å². The highest BCUT2D eigenvalue weighted by molar-refractivity contribution is 8.00. The SMILES string of the molecule is CC1C(c2cccs2)=C(O)C(CSC2CCCCCCC2)=CC1C(C)(C)CC(C)(C)c1cc(CSC2CCCCCC[C@@H]2C)c(O)c(-c2ccco2)c1. The van der Waals surface area contributed by atoms with Gasteiger partial charge in [-0.15, -0.1) is 11.3 Å². The standard InChI is InChI=1S/C47H66O3S3/c1-32-18-12-10-11-15-22-41(32)53-30-34-26-36(28-38(44(34)48)40-21-16-24-50-40)46(3,4)31-47(5,6)39-27-35(29-52-37-19-13-8-7-9-14-20-37)45(49)43(33(39)2)42-23-17-25-51-42/h16-17,21,23-28,32-33,37,39,41,48-49H,7-15,18-20,22,29-31H2,1-6H3/t32-,33?,39?,41?/m0/s1. The van der Waals surface area contributed by atoms with Crippen molar-refractivity contribution in [3.05, 3.63) is 81.5 Å². The topological polar surface area (TPSA) is 53.6 Å². The van der Waals surface area contributed by atoms with Gasteiger partial charge in [-0.1, -0.05) is 118 Å². The fourth-order valence-electron chi connectivity index (χ4n) is 9.85. The van der Waals surface area contributed by atoms with E-state index in [1.165, 1.54) is 93.9 Å². The van der Waals surface area contributed by atoms with Crippen molar-refractivity contribution in [1.29, 1.82) is 0 Å². The summed E-state index contributed by atoms with van der Waals surface area (Å²) in [7, 11) is 0. The lowest BCUT2D eigenvalue weighted by atomic mass is 9.60. The van der Waals surface area contributed by atoms with E-state index in [9.17, 15) is 10.2 Å². The van der Waals surface area contributed by atoms with Crippen molar-refractivity contribution in [2.75, 3.05) is 5.75 Å². The Morgan fingerprint density at radius 2 is 1.51 bits per heavy atom. The van der Waals surface area contributed by atoms with E-state index < -0.39 is 0 Å². The van der Waals surface area contributed by atoms with E-state index in [1.807, 2.05) is 23.9 Å². The van der Waals surface area contributed by atoms with Crippen LogP contribution in [0.3, 0.4) is 0 Å². The van der Waals surface area contributed by atoms with Gasteiger partial charge < -0.3 is 14.6 Å². The van der Waals surface area contributed by atoms with Crippen LogP contribution in [-0.2, 0) is 11.2 Å². The zero-order valence-corrected chi connectivity index (χ0v) is 35.9. The van der Waals surface area contributed by atoms with Gasteiger partial charge in [0, 0.05) is 43.6 Å². The molecule has 2 heterocycles. The number of phenolic OH excluding ortho intramolecular Hbond substituents is 1. The molecule has 2 N–H and O–H groups in total. The molecule has 290 valence electrons. The van der Waals surface area contributed by atoms with E-state index >= 15 is 0 Å². The number of phenols is 1. The zero-order chi connectivity index (χ0) is 37.6. The van der Waals surface area contributed by atoms with Crippen LogP contribution in [-0.4, -0.2) is 26.5 Å². The summed E-state index contributed by atoms with van der Waals surface area (Å²) in [5, 5.41) is 27.1. The third kappa shape index (κ3) is 10.1. The number of thioether (sulfide) groups is 2. The lowest BCUT2D eigenvalue weighted by molar-refractivity contribution is 0.159. The number of hydrogen-bond donors (Lipinski definition) is 2. The summed E-state index contributed by atoms with van der Waals surface area (Å²) in [6.45, 7) is 14.4. The molecule has 6 heteroatoms. The Kier molecular flexibility index (Phi) is 14.0. The molecule has 3 aliphatic rings. The fraction of sp³-hybridized carbons (Fsp3) is 0.617. The maximum atomic E-state index is 11.9. The molecule has 0 bridgehead atoms. The molecule has 2 saturated carbocycles. The molecule has 4 atom stereocenters. The van der Waals surface area contributed by atoms with E-state index in [0.717, 1.165) is 46.0 Å². The van der Waals surface area contributed by atoms with Gasteiger partial charge in [0.1, 0.15) is 17.3 Å². The average Bonchev–Trinajstić information content (AvgIpc) is 3.82. The molecule has 3 unspecified atom stereocenters. The Bertz CT molecular complexity index is 1660. The largest absolute Gasteiger partial charge is 0.507 e. The number of aliphatic hydroxyl groups is 1. The van der Waals surface area contributed by atoms with Crippen molar-refractivity contribution < 1.29 is 14.6 Å². The third-order valence-corrected chi connectivity index (χ3v) is 16.7. The van der Waals surface area contributed by atoms with Crippen molar-refractivity contribution in [1.82, 2.24) is 0 Å². The van der Waals surface area contributed by atoms with Crippen molar-refractivity contribution >= 4 is 40.4 Å². The number of furan rings is 1. The second kappa shape index (κ2) is 18.3. The highest BCUT2D eigenvalue weighted by atomic mass is 32.2. The molecule has 6 rings (SSSR count). The number of allylic oxidation sites excluding steroid dienone is 3. The minimum absolute atomic E-state index is 0.0752. The van der Waals surface area contributed by atoms with Gasteiger partial charge in [-0.3, -0.25) is 0 Å². The highest BCUT2D eigenvalue weighted by Gasteiger charge is 2.42. The molecular formula is C47H66O3S3. The molecule has 2 aromatic heterocycles. The first kappa shape index (κ1) is 40.6. The van der Waals surface area contributed by atoms with Crippen LogP contribution < -0.4 is 0 Å². The second-order valence-electron chi connectivity index (χ2n) is 17.9. The number of hydrogen-bond acceptors (Lipinski definition) is 6. The Morgan fingerprint density at radius 3 is 2.19 bits per heavy atom. The van der Waals surface area contributed by atoms with Gasteiger partial charge in [0.05, 0.1) is 11.8 Å². The molecule has 3 aliphatic carbocycles. The van der Waals surface area contributed by atoms with Crippen LogP contribution >= 0.6 is 34.9 Å². The van der Waals surface area contributed by atoms with Gasteiger partial charge in [0.25, 0.3) is 0 Å². The van der Waals surface area contributed by atoms with E-state index in [0.29, 0.717) is 27.9 Å². The number of thiophene rings is 1. The number of aliphatic hydroxyl groups excluding tert-OH is 1. The molecule has 3 aromatic rings.